The lowest BCUT2D eigenvalue weighted by atomic mass is 10.1. The number of hydroxylamine groups is 1. The molecule has 0 aliphatic heterocycles. The Bertz CT molecular complexity index is 609. The first-order valence-electron chi connectivity index (χ1n) is 5.69. The van der Waals surface area contributed by atoms with Gasteiger partial charge < -0.3 is 5.32 Å². The van der Waals surface area contributed by atoms with Crippen molar-refractivity contribution < 1.29 is 22.8 Å². The van der Waals surface area contributed by atoms with E-state index in [0.717, 1.165) is 10.8 Å². The van der Waals surface area contributed by atoms with Gasteiger partial charge in [-0.1, -0.05) is 36.4 Å². The van der Waals surface area contributed by atoms with Crippen LogP contribution in [0, 0.1) is 0 Å². The van der Waals surface area contributed by atoms with Crippen molar-refractivity contribution in [2.75, 3.05) is 11.9 Å². The zero-order valence-corrected chi connectivity index (χ0v) is 10.2. The lowest BCUT2D eigenvalue weighted by molar-refractivity contribution is -0.183. The number of carbonyl (C=O) groups is 1. The van der Waals surface area contributed by atoms with E-state index in [9.17, 15) is 18.0 Å². The fourth-order valence-corrected chi connectivity index (χ4v) is 1.67. The molecule has 0 atom stereocenters. The summed E-state index contributed by atoms with van der Waals surface area (Å²) in [5.74, 6) is 0. The Morgan fingerprint density at radius 1 is 1.10 bits per heavy atom. The molecule has 0 unspecified atom stereocenters. The summed E-state index contributed by atoms with van der Waals surface area (Å²) in [7, 11) is 0. The molecule has 0 heterocycles. The Kier molecular flexibility index (Phi) is 4.09. The topological polar surface area (TPSA) is 50.4 Å². The number of hydrogen-bond acceptors (Lipinski definition) is 2. The third kappa shape index (κ3) is 3.86. The van der Waals surface area contributed by atoms with Crippen molar-refractivity contribution >= 4 is 22.5 Å². The van der Waals surface area contributed by atoms with E-state index in [-0.39, 0.29) is 0 Å². The van der Waals surface area contributed by atoms with Gasteiger partial charge in [-0.15, -0.1) is 0 Å². The second kappa shape index (κ2) is 5.79. The average Bonchev–Trinajstić information content (AvgIpc) is 2.37. The third-order valence-electron chi connectivity index (χ3n) is 2.44. The van der Waals surface area contributed by atoms with Crippen molar-refractivity contribution in [3.8, 4) is 0 Å². The molecule has 2 rings (SSSR count). The summed E-state index contributed by atoms with van der Waals surface area (Å²) in [5.41, 5.74) is 2.16. The minimum atomic E-state index is -4.49. The number of alkyl halides is 3. The second-order valence-electron chi connectivity index (χ2n) is 3.99. The number of urea groups is 1. The van der Waals surface area contributed by atoms with Crippen LogP contribution in [-0.2, 0) is 4.84 Å². The van der Waals surface area contributed by atoms with Crippen molar-refractivity contribution in [2.45, 2.75) is 6.18 Å². The Balaban J connectivity index is 2.00. The van der Waals surface area contributed by atoms with Gasteiger partial charge in [0.25, 0.3) is 0 Å². The number of benzene rings is 2. The Morgan fingerprint density at radius 2 is 1.80 bits per heavy atom. The molecular formula is C13H11F3N2O2. The maximum absolute atomic E-state index is 11.8. The summed E-state index contributed by atoms with van der Waals surface area (Å²) in [4.78, 5) is 15.5. The molecule has 0 aliphatic rings. The smallest absolute Gasteiger partial charge is 0.306 e. The molecule has 0 saturated heterocycles. The molecule has 106 valence electrons. The molecule has 0 aliphatic carbocycles. The van der Waals surface area contributed by atoms with Crippen LogP contribution in [0.2, 0.25) is 0 Å². The van der Waals surface area contributed by atoms with Crippen LogP contribution in [0.1, 0.15) is 0 Å². The number of amides is 2. The van der Waals surface area contributed by atoms with Gasteiger partial charge in [0.05, 0.1) is 5.69 Å². The van der Waals surface area contributed by atoms with E-state index in [1.807, 2.05) is 18.2 Å². The fraction of sp³-hybridized carbons (Fsp3) is 0.154. The maximum atomic E-state index is 11.8. The van der Waals surface area contributed by atoms with E-state index in [4.69, 9.17) is 0 Å². The molecule has 2 aromatic rings. The summed E-state index contributed by atoms with van der Waals surface area (Å²) in [6, 6.07) is 11.7. The third-order valence-corrected chi connectivity index (χ3v) is 2.44. The number of hydrogen-bond donors (Lipinski definition) is 2. The SMILES string of the molecule is O=C(NOCC(F)(F)F)Nc1cccc2ccccc12. The minimum absolute atomic E-state index is 0.483. The fourth-order valence-electron chi connectivity index (χ4n) is 1.67. The highest BCUT2D eigenvalue weighted by Crippen LogP contribution is 2.22. The molecule has 2 aromatic carbocycles. The molecule has 0 spiro atoms. The summed E-state index contributed by atoms with van der Waals surface area (Å²) in [6.45, 7) is -1.55. The lowest BCUT2D eigenvalue weighted by Crippen LogP contribution is -2.32. The predicted octanol–water partition coefficient (Wildman–Crippen LogP) is 3.46. The van der Waals surface area contributed by atoms with Crippen LogP contribution in [0.4, 0.5) is 23.7 Å². The number of halogens is 3. The molecular weight excluding hydrogens is 273 g/mol. The monoisotopic (exact) mass is 284 g/mol. The van der Waals surface area contributed by atoms with Gasteiger partial charge in [-0.25, -0.2) is 10.3 Å². The van der Waals surface area contributed by atoms with E-state index >= 15 is 0 Å². The number of rotatable bonds is 3. The maximum Gasteiger partial charge on any atom is 0.414 e. The molecule has 20 heavy (non-hydrogen) atoms. The van der Waals surface area contributed by atoms with Crippen molar-refractivity contribution in [2.24, 2.45) is 0 Å². The van der Waals surface area contributed by atoms with Gasteiger partial charge >= 0.3 is 12.2 Å². The molecule has 0 bridgehead atoms. The summed E-state index contributed by atoms with van der Waals surface area (Å²) >= 11 is 0. The lowest BCUT2D eigenvalue weighted by Gasteiger charge is -2.11. The zero-order valence-electron chi connectivity index (χ0n) is 10.2. The first-order valence-corrected chi connectivity index (χ1v) is 5.69. The van der Waals surface area contributed by atoms with E-state index in [1.54, 1.807) is 29.7 Å². The largest absolute Gasteiger partial charge is 0.414 e. The predicted molar refractivity (Wildman–Crippen MR) is 68.1 cm³/mol. The number of fused-ring (bicyclic) bond motifs is 1. The van der Waals surface area contributed by atoms with Crippen LogP contribution < -0.4 is 10.8 Å². The van der Waals surface area contributed by atoms with Gasteiger partial charge in [-0.05, 0) is 11.5 Å². The molecule has 2 amide bonds. The highest BCUT2D eigenvalue weighted by Gasteiger charge is 2.28. The number of anilines is 1. The molecule has 7 heteroatoms. The average molecular weight is 284 g/mol. The highest BCUT2D eigenvalue weighted by atomic mass is 19.4. The van der Waals surface area contributed by atoms with Gasteiger partial charge in [0.15, 0.2) is 6.61 Å². The van der Waals surface area contributed by atoms with Crippen LogP contribution in [0.3, 0.4) is 0 Å². The van der Waals surface area contributed by atoms with Crippen molar-refractivity contribution in [3.63, 3.8) is 0 Å². The van der Waals surface area contributed by atoms with Crippen LogP contribution in [0.25, 0.3) is 10.8 Å². The Labute approximate surface area is 112 Å². The van der Waals surface area contributed by atoms with Gasteiger partial charge in [-0.2, -0.15) is 13.2 Å². The standard InChI is InChI=1S/C13H11F3N2O2/c14-13(15,16)8-20-18-12(19)17-11-7-3-5-9-4-1-2-6-10(9)11/h1-7H,8H2,(H2,17,18,19). The van der Waals surface area contributed by atoms with Crippen molar-refractivity contribution in [3.05, 3.63) is 42.5 Å². The van der Waals surface area contributed by atoms with E-state index in [2.05, 4.69) is 10.2 Å². The van der Waals surface area contributed by atoms with Gasteiger partial charge in [0, 0.05) is 5.39 Å². The van der Waals surface area contributed by atoms with Gasteiger partial charge in [-0.3, -0.25) is 4.84 Å². The van der Waals surface area contributed by atoms with Crippen LogP contribution >= 0.6 is 0 Å². The normalized spacial score (nSPS) is 11.3. The molecule has 0 radical (unpaired) electrons. The summed E-state index contributed by atoms with van der Waals surface area (Å²) in [6.07, 6.45) is -4.49. The van der Waals surface area contributed by atoms with Gasteiger partial charge in [0.1, 0.15) is 0 Å². The van der Waals surface area contributed by atoms with Crippen molar-refractivity contribution in [1.82, 2.24) is 5.48 Å². The van der Waals surface area contributed by atoms with E-state index in [1.165, 1.54) is 0 Å². The summed E-state index contributed by atoms with van der Waals surface area (Å²) < 4.78 is 35.5. The zero-order chi connectivity index (χ0) is 14.6. The van der Waals surface area contributed by atoms with Gasteiger partial charge in [0.2, 0.25) is 0 Å². The highest BCUT2D eigenvalue weighted by molar-refractivity contribution is 6.01. The van der Waals surface area contributed by atoms with Crippen LogP contribution in [0.15, 0.2) is 42.5 Å². The number of nitrogens with one attached hydrogen (secondary N) is 2. The number of carbonyl (C=O) groups excluding carboxylic acids is 1. The quantitative estimate of drug-likeness (QED) is 0.848. The Morgan fingerprint density at radius 3 is 2.55 bits per heavy atom. The molecule has 0 fully saturated rings. The molecule has 2 N–H and O–H groups in total. The van der Waals surface area contributed by atoms with E-state index < -0.39 is 18.8 Å². The van der Waals surface area contributed by atoms with E-state index in [0.29, 0.717) is 5.69 Å². The van der Waals surface area contributed by atoms with Crippen LogP contribution in [0.5, 0.6) is 0 Å². The molecule has 0 aromatic heterocycles. The molecule has 0 saturated carbocycles. The first-order chi connectivity index (χ1) is 9.46. The molecule has 4 nitrogen and oxygen atoms in total. The first kappa shape index (κ1) is 14.1. The Hall–Kier alpha value is -2.28. The van der Waals surface area contributed by atoms with Crippen molar-refractivity contribution in [1.29, 1.82) is 0 Å². The second-order valence-corrected chi connectivity index (χ2v) is 3.99. The van der Waals surface area contributed by atoms with Crippen LogP contribution in [-0.4, -0.2) is 18.8 Å². The summed E-state index contributed by atoms with van der Waals surface area (Å²) in [5, 5.41) is 4.11. The minimum Gasteiger partial charge on any atom is -0.306 e.